The molecular formula is C12H21N3O4S. The smallest absolute Gasteiger partial charge is 0.246 e. The topological polar surface area (TPSA) is 95.5 Å². The Hall–Kier alpha value is -0.960. The molecule has 1 aliphatic rings. The van der Waals surface area contributed by atoms with Gasteiger partial charge in [-0.2, -0.15) is 9.40 Å². The lowest BCUT2D eigenvalue weighted by Crippen LogP contribution is -2.37. The fourth-order valence-corrected chi connectivity index (χ4v) is 3.93. The van der Waals surface area contributed by atoms with E-state index in [-0.39, 0.29) is 16.7 Å². The first-order chi connectivity index (χ1) is 9.46. The van der Waals surface area contributed by atoms with Crippen LogP contribution in [0.25, 0.3) is 0 Å². The predicted molar refractivity (Wildman–Crippen MR) is 72.7 cm³/mol. The number of hydrogen-bond acceptors (Lipinski definition) is 5. The van der Waals surface area contributed by atoms with Gasteiger partial charge in [-0.1, -0.05) is 0 Å². The van der Waals surface area contributed by atoms with Crippen LogP contribution in [0, 0.1) is 6.92 Å². The number of ether oxygens (including phenoxy) is 1. The zero-order chi connectivity index (χ0) is 14.8. The molecule has 1 atom stereocenters. The first-order valence-electron chi connectivity index (χ1n) is 6.69. The van der Waals surface area contributed by atoms with Gasteiger partial charge in [0.25, 0.3) is 0 Å². The average Bonchev–Trinajstić information content (AvgIpc) is 2.81. The Kier molecular flexibility index (Phi) is 4.79. The zero-order valence-electron chi connectivity index (χ0n) is 11.8. The van der Waals surface area contributed by atoms with Crippen LogP contribution in [0.4, 0.5) is 0 Å². The fraction of sp³-hybridized carbons (Fsp3) is 0.750. The lowest BCUT2D eigenvalue weighted by molar-refractivity contribution is 0.00857. The lowest BCUT2D eigenvalue weighted by Gasteiger charge is -2.27. The van der Waals surface area contributed by atoms with E-state index in [9.17, 15) is 13.5 Å². The SMILES string of the molecule is Cc1[nH]nc(CO)c1S(=O)(=O)N(C)CC1CCCCO1. The van der Waals surface area contributed by atoms with Crippen molar-refractivity contribution in [1.29, 1.82) is 0 Å². The maximum absolute atomic E-state index is 12.6. The minimum Gasteiger partial charge on any atom is -0.390 e. The van der Waals surface area contributed by atoms with Gasteiger partial charge in [0.15, 0.2) is 0 Å². The van der Waals surface area contributed by atoms with Gasteiger partial charge in [-0.15, -0.1) is 0 Å². The van der Waals surface area contributed by atoms with Gasteiger partial charge < -0.3 is 9.84 Å². The largest absolute Gasteiger partial charge is 0.390 e. The number of aliphatic hydroxyl groups excluding tert-OH is 1. The molecule has 1 aromatic rings. The van der Waals surface area contributed by atoms with Gasteiger partial charge in [0, 0.05) is 20.2 Å². The average molecular weight is 303 g/mol. The highest BCUT2D eigenvalue weighted by Crippen LogP contribution is 2.23. The van der Waals surface area contributed by atoms with Gasteiger partial charge in [-0.3, -0.25) is 5.10 Å². The number of aliphatic hydroxyl groups is 1. The minimum atomic E-state index is -3.67. The molecule has 7 nitrogen and oxygen atoms in total. The summed E-state index contributed by atoms with van der Waals surface area (Å²) < 4.78 is 32.0. The van der Waals surface area contributed by atoms with Crippen LogP contribution in [-0.4, -0.2) is 54.3 Å². The van der Waals surface area contributed by atoms with Crippen LogP contribution in [0.3, 0.4) is 0 Å². The van der Waals surface area contributed by atoms with E-state index in [1.807, 2.05) is 0 Å². The molecule has 1 saturated heterocycles. The quantitative estimate of drug-likeness (QED) is 0.821. The molecule has 20 heavy (non-hydrogen) atoms. The number of likely N-dealkylation sites (N-methyl/N-ethyl adjacent to an activating group) is 1. The third-order valence-electron chi connectivity index (χ3n) is 3.51. The molecule has 0 saturated carbocycles. The number of aromatic nitrogens is 2. The third kappa shape index (κ3) is 3.03. The number of sulfonamides is 1. The molecular weight excluding hydrogens is 282 g/mol. The summed E-state index contributed by atoms with van der Waals surface area (Å²) in [6, 6.07) is 0. The van der Waals surface area contributed by atoms with Crippen LogP contribution >= 0.6 is 0 Å². The van der Waals surface area contributed by atoms with Crippen molar-refractivity contribution in [2.24, 2.45) is 0 Å². The first-order valence-corrected chi connectivity index (χ1v) is 8.13. The van der Waals surface area contributed by atoms with Crippen molar-refractivity contribution < 1.29 is 18.3 Å². The van der Waals surface area contributed by atoms with Gasteiger partial charge in [0.1, 0.15) is 10.6 Å². The normalized spacial score (nSPS) is 20.5. The number of hydrogen-bond donors (Lipinski definition) is 2. The van der Waals surface area contributed by atoms with E-state index in [1.165, 1.54) is 11.4 Å². The number of rotatable bonds is 5. The molecule has 0 radical (unpaired) electrons. The van der Waals surface area contributed by atoms with E-state index in [4.69, 9.17) is 4.74 Å². The summed E-state index contributed by atoms with van der Waals surface area (Å²) in [4.78, 5) is 0.0679. The Morgan fingerprint density at radius 1 is 1.50 bits per heavy atom. The van der Waals surface area contributed by atoms with Crippen LogP contribution in [0.5, 0.6) is 0 Å². The van der Waals surface area contributed by atoms with Gasteiger partial charge >= 0.3 is 0 Å². The van der Waals surface area contributed by atoms with E-state index >= 15 is 0 Å². The van der Waals surface area contributed by atoms with Crippen LogP contribution in [-0.2, 0) is 21.4 Å². The number of nitrogens with zero attached hydrogens (tertiary/aromatic N) is 2. The van der Waals surface area contributed by atoms with E-state index in [2.05, 4.69) is 10.2 Å². The highest BCUT2D eigenvalue weighted by molar-refractivity contribution is 7.89. The highest BCUT2D eigenvalue weighted by Gasteiger charge is 2.30. The molecule has 8 heteroatoms. The van der Waals surface area contributed by atoms with Crippen LogP contribution in [0.1, 0.15) is 30.7 Å². The van der Waals surface area contributed by atoms with Gasteiger partial charge in [0.05, 0.1) is 18.4 Å². The number of H-pyrrole nitrogens is 1. The summed E-state index contributed by atoms with van der Waals surface area (Å²) in [7, 11) is -2.14. The first kappa shape index (κ1) is 15.4. The van der Waals surface area contributed by atoms with Gasteiger partial charge in [0.2, 0.25) is 10.0 Å². The number of aryl methyl sites for hydroxylation is 1. The summed E-state index contributed by atoms with van der Waals surface area (Å²) in [5.74, 6) is 0. The van der Waals surface area contributed by atoms with Crippen molar-refractivity contribution in [3.05, 3.63) is 11.4 Å². The second kappa shape index (κ2) is 6.21. The molecule has 0 amide bonds. The number of aromatic amines is 1. The van der Waals surface area contributed by atoms with Gasteiger partial charge in [-0.25, -0.2) is 8.42 Å². The van der Waals surface area contributed by atoms with Crippen molar-refractivity contribution in [2.75, 3.05) is 20.2 Å². The molecule has 1 aromatic heterocycles. The van der Waals surface area contributed by atoms with E-state index in [1.54, 1.807) is 6.92 Å². The maximum atomic E-state index is 12.6. The summed E-state index contributed by atoms with van der Waals surface area (Å²) >= 11 is 0. The number of nitrogens with one attached hydrogen (secondary N) is 1. The molecule has 2 rings (SSSR count). The molecule has 0 bridgehead atoms. The standard InChI is InChI=1S/C12H21N3O4S/c1-9-12(11(8-16)14-13-9)20(17,18)15(2)7-10-5-3-4-6-19-10/h10,16H,3-8H2,1-2H3,(H,13,14). The summed E-state index contributed by atoms with van der Waals surface area (Å²) in [5.41, 5.74) is 0.587. The van der Waals surface area contributed by atoms with Crippen molar-refractivity contribution in [2.45, 2.75) is 43.8 Å². The van der Waals surface area contributed by atoms with Crippen molar-refractivity contribution in [3.63, 3.8) is 0 Å². The highest BCUT2D eigenvalue weighted by atomic mass is 32.2. The summed E-state index contributed by atoms with van der Waals surface area (Å²) in [5, 5.41) is 15.6. The van der Waals surface area contributed by atoms with Crippen molar-refractivity contribution in [1.82, 2.24) is 14.5 Å². The van der Waals surface area contributed by atoms with Crippen molar-refractivity contribution >= 4 is 10.0 Å². The Morgan fingerprint density at radius 2 is 2.25 bits per heavy atom. The molecule has 2 heterocycles. The van der Waals surface area contributed by atoms with Crippen LogP contribution in [0.2, 0.25) is 0 Å². The molecule has 0 aliphatic carbocycles. The molecule has 0 aromatic carbocycles. The van der Waals surface area contributed by atoms with E-state index < -0.39 is 16.6 Å². The Balaban J connectivity index is 2.18. The minimum absolute atomic E-state index is 0.0618. The second-order valence-electron chi connectivity index (χ2n) is 5.06. The van der Waals surface area contributed by atoms with Crippen LogP contribution < -0.4 is 0 Å². The molecule has 1 fully saturated rings. The molecule has 2 N–H and O–H groups in total. The van der Waals surface area contributed by atoms with Crippen molar-refractivity contribution in [3.8, 4) is 0 Å². The fourth-order valence-electron chi connectivity index (χ4n) is 2.41. The van der Waals surface area contributed by atoms with Gasteiger partial charge in [-0.05, 0) is 26.2 Å². The van der Waals surface area contributed by atoms with E-state index in [0.29, 0.717) is 18.8 Å². The van der Waals surface area contributed by atoms with Crippen LogP contribution in [0.15, 0.2) is 4.90 Å². The molecule has 1 aliphatic heterocycles. The zero-order valence-corrected chi connectivity index (χ0v) is 12.6. The summed E-state index contributed by atoms with van der Waals surface area (Å²) in [6.07, 6.45) is 2.90. The second-order valence-corrected chi connectivity index (χ2v) is 7.04. The predicted octanol–water partition coefficient (Wildman–Crippen LogP) is 0.400. The Bertz CT molecular complexity index is 549. The summed E-state index contributed by atoms with van der Waals surface area (Å²) in [6.45, 7) is 2.22. The molecule has 114 valence electrons. The monoisotopic (exact) mass is 303 g/mol. The lowest BCUT2D eigenvalue weighted by atomic mass is 10.1. The molecule has 1 unspecified atom stereocenters. The third-order valence-corrected chi connectivity index (χ3v) is 5.54. The maximum Gasteiger partial charge on any atom is 0.246 e. The molecule has 0 spiro atoms. The Labute approximate surface area is 119 Å². The van der Waals surface area contributed by atoms with E-state index in [0.717, 1.165) is 19.3 Å². The Morgan fingerprint density at radius 3 is 2.85 bits per heavy atom.